The second kappa shape index (κ2) is 8.07. The summed E-state index contributed by atoms with van der Waals surface area (Å²) in [5.74, 6) is 1.83. The molecule has 1 saturated heterocycles. The summed E-state index contributed by atoms with van der Waals surface area (Å²) in [5.41, 5.74) is 2.80. The molecule has 0 atom stereocenters. The SMILES string of the molecule is COc1cccc(NC(=O)c2ncn3c(C4CCN(CC5CC5)CC4)ccnc23)c1. The lowest BCUT2D eigenvalue weighted by atomic mass is 9.93. The van der Waals surface area contributed by atoms with Gasteiger partial charge in [-0.2, -0.15) is 0 Å². The monoisotopic (exact) mass is 405 g/mol. The summed E-state index contributed by atoms with van der Waals surface area (Å²) in [6, 6.07) is 9.36. The van der Waals surface area contributed by atoms with Gasteiger partial charge in [-0.1, -0.05) is 6.07 Å². The quantitative estimate of drug-likeness (QED) is 0.679. The number of nitrogens with zero attached hydrogens (tertiary/aromatic N) is 4. The van der Waals surface area contributed by atoms with Crippen LogP contribution in [-0.4, -0.2) is 51.9 Å². The number of methoxy groups -OCH3 is 1. The molecule has 0 spiro atoms. The number of fused-ring (bicyclic) bond motifs is 1. The molecule has 2 aromatic heterocycles. The largest absolute Gasteiger partial charge is 0.497 e. The number of ether oxygens (including phenoxy) is 1. The highest BCUT2D eigenvalue weighted by Crippen LogP contribution is 2.33. The minimum Gasteiger partial charge on any atom is -0.497 e. The van der Waals surface area contributed by atoms with Crippen molar-refractivity contribution in [3.8, 4) is 5.75 Å². The standard InChI is InChI=1S/C23H27N5O2/c1-30-19-4-2-3-18(13-19)26-23(29)21-22-24-10-7-20(28(22)15-25-21)17-8-11-27(12-9-17)14-16-5-6-16/h2-4,7,10,13,15-17H,5-6,8-9,11-12,14H2,1H3,(H,26,29). The molecule has 1 aliphatic heterocycles. The van der Waals surface area contributed by atoms with Gasteiger partial charge in [0.1, 0.15) is 12.1 Å². The van der Waals surface area contributed by atoms with Crippen molar-refractivity contribution in [3.63, 3.8) is 0 Å². The van der Waals surface area contributed by atoms with Gasteiger partial charge in [-0.3, -0.25) is 9.20 Å². The minimum atomic E-state index is -0.269. The van der Waals surface area contributed by atoms with E-state index in [0.29, 0.717) is 28.7 Å². The molecule has 3 aromatic rings. The number of carbonyl (C=O) groups is 1. The van der Waals surface area contributed by atoms with Crippen LogP contribution in [-0.2, 0) is 0 Å². The van der Waals surface area contributed by atoms with Crippen molar-refractivity contribution < 1.29 is 9.53 Å². The van der Waals surface area contributed by atoms with Crippen LogP contribution in [0.3, 0.4) is 0 Å². The number of hydrogen-bond donors (Lipinski definition) is 1. The van der Waals surface area contributed by atoms with Crippen molar-refractivity contribution in [3.05, 3.63) is 54.2 Å². The molecule has 3 heterocycles. The summed E-state index contributed by atoms with van der Waals surface area (Å²) in [7, 11) is 1.60. The molecule has 0 radical (unpaired) electrons. The molecule has 7 heteroatoms. The topological polar surface area (TPSA) is 71.8 Å². The van der Waals surface area contributed by atoms with Crippen molar-refractivity contribution in [1.29, 1.82) is 0 Å². The first-order chi connectivity index (χ1) is 14.7. The van der Waals surface area contributed by atoms with Crippen molar-refractivity contribution >= 4 is 17.2 Å². The minimum absolute atomic E-state index is 0.269. The smallest absolute Gasteiger partial charge is 0.278 e. The Morgan fingerprint density at radius 1 is 1.17 bits per heavy atom. The lowest BCUT2D eigenvalue weighted by Gasteiger charge is -2.32. The number of imidazole rings is 1. The average molecular weight is 406 g/mol. The van der Waals surface area contributed by atoms with Crippen LogP contribution >= 0.6 is 0 Å². The number of hydrogen-bond acceptors (Lipinski definition) is 5. The van der Waals surface area contributed by atoms with Crippen molar-refractivity contribution in [2.45, 2.75) is 31.6 Å². The molecule has 1 saturated carbocycles. The normalized spacial score (nSPS) is 17.9. The fourth-order valence-electron chi connectivity index (χ4n) is 4.38. The van der Waals surface area contributed by atoms with Crippen LogP contribution in [0.4, 0.5) is 5.69 Å². The summed E-state index contributed by atoms with van der Waals surface area (Å²) in [5, 5.41) is 2.90. The predicted molar refractivity (Wildman–Crippen MR) is 115 cm³/mol. The fourth-order valence-corrected chi connectivity index (χ4v) is 4.38. The maximum atomic E-state index is 12.9. The Hall–Kier alpha value is -2.93. The van der Waals surface area contributed by atoms with Crippen LogP contribution in [0.2, 0.25) is 0 Å². The van der Waals surface area contributed by atoms with E-state index in [1.54, 1.807) is 25.7 Å². The van der Waals surface area contributed by atoms with E-state index < -0.39 is 0 Å². The van der Waals surface area contributed by atoms with Crippen molar-refractivity contribution in [2.24, 2.45) is 5.92 Å². The number of anilines is 1. The molecule has 2 fully saturated rings. The molecule has 7 nitrogen and oxygen atoms in total. The third-order valence-corrected chi connectivity index (χ3v) is 6.22. The number of rotatable bonds is 6. The highest BCUT2D eigenvalue weighted by molar-refractivity contribution is 6.06. The van der Waals surface area contributed by atoms with E-state index in [2.05, 4.69) is 26.3 Å². The van der Waals surface area contributed by atoms with Crippen LogP contribution in [0.5, 0.6) is 5.75 Å². The molecule has 156 valence electrons. The van der Waals surface area contributed by atoms with Gasteiger partial charge in [0.05, 0.1) is 7.11 Å². The van der Waals surface area contributed by atoms with E-state index >= 15 is 0 Å². The van der Waals surface area contributed by atoms with E-state index in [0.717, 1.165) is 31.8 Å². The molecular weight excluding hydrogens is 378 g/mol. The van der Waals surface area contributed by atoms with E-state index in [9.17, 15) is 4.79 Å². The van der Waals surface area contributed by atoms with Gasteiger partial charge >= 0.3 is 0 Å². The van der Waals surface area contributed by atoms with Gasteiger partial charge in [-0.25, -0.2) is 9.97 Å². The second-order valence-corrected chi connectivity index (χ2v) is 8.36. The summed E-state index contributed by atoms with van der Waals surface area (Å²) < 4.78 is 7.21. The number of likely N-dealkylation sites (tertiary alicyclic amines) is 1. The van der Waals surface area contributed by atoms with Crippen LogP contribution in [0, 0.1) is 5.92 Å². The zero-order valence-corrected chi connectivity index (χ0v) is 17.3. The van der Waals surface area contributed by atoms with Crippen molar-refractivity contribution in [1.82, 2.24) is 19.3 Å². The Morgan fingerprint density at radius 3 is 2.77 bits per heavy atom. The summed E-state index contributed by atoms with van der Waals surface area (Å²) in [6.07, 6.45) is 8.60. The fraction of sp³-hybridized carbons (Fsp3) is 0.435. The Kier molecular flexibility index (Phi) is 5.12. The third-order valence-electron chi connectivity index (χ3n) is 6.22. The molecule has 1 N–H and O–H groups in total. The molecule has 1 amide bonds. The lowest BCUT2D eigenvalue weighted by Crippen LogP contribution is -2.34. The first kappa shape index (κ1) is 19.1. The molecule has 1 aromatic carbocycles. The zero-order valence-electron chi connectivity index (χ0n) is 17.3. The highest BCUT2D eigenvalue weighted by atomic mass is 16.5. The van der Waals surface area contributed by atoms with E-state index in [4.69, 9.17) is 4.74 Å². The number of amides is 1. The van der Waals surface area contributed by atoms with Gasteiger partial charge in [0.2, 0.25) is 0 Å². The van der Waals surface area contributed by atoms with Crippen LogP contribution in [0.15, 0.2) is 42.9 Å². The summed E-state index contributed by atoms with van der Waals surface area (Å²) in [6.45, 7) is 3.55. The zero-order chi connectivity index (χ0) is 20.5. The van der Waals surface area contributed by atoms with Gasteiger partial charge in [0.15, 0.2) is 11.3 Å². The second-order valence-electron chi connectivity index (χ2n) is 8.36. The van der Waals surface area contributed by atoms with Gasteiger partial charge in [0.25, 0.3) is 5.91 Å². The maximum absolute atomic E-state index is 12.9. The Bertz CT molecular complexity index is 1050. The summed E-state index contributed by atoms with van der Waals surface area (Å²) in [4.78, 5) is 24.3. The predicted octanol–water partition coefficient (Wildman–Crippen LogP) is 3.58. The summed E-state index contributed by atoms with van der Waals surface area (Å²) >= 11 is 0. The first-order valence-electron chi connectivity index (χ1n) is 10.7. The molecule has 5 rings (SSSR count). The third kappa shape index (κ3) is 3.89. The number of carbonyl (C=O) groups excluding carboxylic acids is 1. The van der Waals surface area contributed by atoms with Gasteiger partial charge in [0, 0.05) is 36.1 Å². The molecule has 0 bridgehead atoms. The van der Waals surface area contributed by atoms with E-state index in [1.807, 2.05) is 22.6 Å². The molecular formula is C23H27N5O2. The Labute approximate surface area is 176 Å². The van der Waals surface area contributed by atoms with Gasteiger partial charge in [-0.15, -0.1) is 0 Å². The number of benzene rings is 1. The number of nitrogens with one attached hydrogen (secondary N) is 1. The maximum Gasteiger partial charge on any atom is 0.278 e. The van der Waals surface area contributed by atoms with E-state index in [1.165, 1.54) is 25.1 Å². The Morgan fingerprint density at radius 2 is 2.00 bits per heavy atom. The lowest BCUT2D eigenvalue weighted by molar-refractivity contribution is 0.102. The Balaban J connectivity index is 1.33. The van der Waals surface area contributed by atoms with Gasteiger partial charge < -0.3 is 15.0 Å². The molecule has 1 aliphatic carbocycles. The average Bonchev–Trinajstić information content (AvgIpc) is 3.48. The van der Waals surface area contributed by atoms with Crippen LogP contribution < -0.4 is 10.1 Å². The van der Waals surface area contributed by atoms with Gasteiger partial charge in [-0.05, 0) is 62.9 Å². The van der Waals surface area contributed by atoms with Crippen molar-refractivity contribution in [2.75, 3.05) is 32.1 Å². The van der Waals surface area contributed by atoms with Crippen LogP contribution in [0.1, 0.15) is 47.8 Å². The first-order valence-corrected chi connectivity index (χ1v) is 10.7. The van der Waals surface area contributed by atoms with Crippen LogP contribution in [0.25, 0.3) is 5.65 Å². The molecule has 30 heavy (non-hydrogen) atoms. The van der Waals surface area contributed by atoms with E-state index in [-0.39, 0.29) is 5.91 Å². The molecule has 2 aliphatic rings. The highest BCUT2D eigenvalue weighted by Gasteiger charge is 2.28. The number of aromatic nitrogens is 3. The number of piperidine rings is 1. The molecule has 0 unspecified atom stereocenters.